The molecule has 2 heteroatoms. The molecular formula is C6H6N2. The topological polar surface area (TPSA) is 47.6 Å². The van der Waals surface area contributed by atoms with Crippen LogP contribution in [-0.2, 0) is 0 Å². The van der Waals surface area contributed by atoms with Gasteiger partial charge in [-0.3, -0.25) is 0 Å². The summed E-state index contributed by atoms with van der Waals surface area (Å²) < 4.78 is 0. The molecule has 0 amide bonds. The minimum atomic E-state index is 0.493. The van der Waals surface area contributed by atoms with Crippen molar-refractivity contribution in [3.63, 3.8) is 0 Å². The smallest absolute Gasteiger partial charge is 0.0954 e. The standard InChI is InChI=1S/C6H6N2/c1-5(3-7)6(2)4-8/h1-2H3. The van der Waals surface area contributed by atoms with E-state index < -0.39 is 0 Å². The van der Waals surface area contributed by atoms with Gasteiger partial charge in [0, 0.05) is 11.1 Å². The molecule has 0 fully saturated rings. The van der Waals surface area contributed by atoms with Crippen LogP contribution in [0.3, 0.4) is 0 Å². The van der Waals surface area contributed by atoms with Crippen molar-refractivity contribution in [3.05, 3.63) is 11.1 Å². The summed E-state index contributed by atoms with van der Waals surface area (Å²) in [5, 5.41) is 16.4. The molecule has 0 aliphatic heterocycles. The molecule has 0 aromatic carbocycles. The summed E-state index contributed by atoms with van der Waals surface area (Å²) in [7, 11) is 0. The van der Waals surface area contributed by atoms with Crippen LogP contribution in [-0.4, -0.2) is 0 Å². The maximum Gasteiger partial charge on any atom is 0.0954 e. The maximum atomic E-state index is 8.18. The van der Waals surface area contributed by atoms with Gasteiger partial charge in [-0.15, -0.1) is 0 Å². The Morgan fingerprint density at radius 1 is 1.00 bits per heavy atom. The molecule has 0 saturated heterocycles. The van der Waals surface area contributed by atoms with E-state index in [1.54, 1.807) is 13.8 Å². The lowest BCUT2D eigenvalue weighted by atomic mass is 10.2. The summed E-state index contributed by atoms with van der Waals surface area (Å²) in [5.41, 5.74) is 0.986. The zero-order chi connectivity index (χ0) is 6.57. The molecule has 0 aliphatic carbocycles. The normalized spacial score (nSPS) is 11.0. The Kier molecular flexibility index (Phi) is 2.37. The van der Waals surface area contributed by atoms with Crippen molar-refractivity contribution < 1.29 is 0 Å². The van der Waals surface area contributed by atoms with Gasteiger partial charge in [0.25, 0.3) is 0 Å². The summed E-state index contributed by atoms with van der Waals surface area (Å²) in [6.07, 6.45) is 0. The van der Waals surface area contributed by atoms with E-state index in [9.17, 15) is 0 Å². The molecule has 2 nitrogen and oxygen atoms in total. The van der Waals surface area contributed by atoms with Gasteiger partial charge in [0.05, 0.1) is 12.1 Å². The van der Waals surface area contributed by atoms with E-state index >= 15 is 0 Å². The largest absolute Gasteiger partial charge is 0.193 e. The van der Waals surface area contributed by atoms with E-state index in [0.717, 1.165) is 0 Å². The van der Waals surface area contributed by atoms with Gasteiger partial charge in [-0.1, -0.05) is 0 Å². The van der Waals surface area contributed by atoms with Crippen LogP contribution in [0.25, 0.3) is 0 Å². The lowest BCUT2D eigenvalue weighted by Gasteiger charge is -1.81. The van der Waals surface area contributed by atoms with Gasteiger partial charge in [-0.25, -0.2) is 0 Å². The highest BCUT2D eigenvalue weighted by atomic mass is 14.3. The summed E-state index contributed by atoms with van der Waals surface area (Å²) >= 11 is 0. The zero-order valence-corrected chi connectivity index (χ0v) is 4.89. The number of rotatable bonds is 0. The van der Waals surface area contributed by atoms with Crippen molar-refractivity contribution in [2.24, 2.45) is 0 Å². The lowest BCUT2D eigenvalue weighted by molar-refractivity contribution is 1.34. The van der Waals surface area contributed by atoms with Gasteiger partial charge in [0.1, 0.15) is 0 Å². The van der Waals surface area contributed by atoms with Crippen LogP contribution >= 0.6 is 0 Å². The Morgan fingerprint density at radius 3 is 1.38 bits per heavy atom. The number of allylic oxidation sites excluding steroid dienone is 2. The molecule has 8 heavy (non-hydrogen) atoms. The van der Waals surface area contributed by atoms with Crippen LogP contribution in [0.15, 0.2) is 11.1 Å². The van der Waals surface area contributed by atoms with Gasteiger partial charge >= 0.3 is 0 Å². The van der Waals surface area contributed by atoms with Crippen molar-refractivity contribution in [2.75, 3.05) is 0 Å². The Labute approximate surface area is 48.7 Å². The van der Waals surface area contributed by atoms with Crippen molar-refractivity contribution in [2.45, 2.75) is 13.8 Å². The minimum Gasteiger partial charge on any atom is -0.193 e. The minimum absolute atomic E-state index is 0.493. The highest BCUT2D eigenvalue weighted by molar-refractivity contribution is 5.32. The van der Waals surface area contributed by atoms with Gasteiger partial charge in [0.2, 0.25) is 0 Å². The van der Waals surface area contributed by atoms with E-state index in [0.29, 0.717) is 11.1 Å². The number of hydrogen-bond acceptors (Lipinski definition) is 2. The molecule has 0 unspecified atom stereocenters. The maximum absolute atomic E-state index is 8.18. The second-order valence-corrected chi connectivity index (χ2v) is 1.47. The first-order chi connectivity index (χ1) is 3.72. The van der Waals surface area contributed by atoms with Crippen LogP contribution < -0.4 is 0 Å². The van der Waals surface area contributed by atoms with Gasteiger partial charge in [-0.05, 0) is 13.8 Å². The van der Waals surface area contributed by atoms with E-state index in [4.69, 9.17) is 10.5 Å². The van der Waals surface area contributed by atoms with E-state index in [2.05, 4.69) is 0 Å². The molecule has 0 spiro atoms. The molecule has 0 aliphatic rings. The van der Waals surface area contributed by atoms with Crippen molar-refractivity contribution in [3.8, 4) is 12.1 Å². The van der Waals surface area contributed by atoms with Gasteiger partial charge < -0.3 is 0 Å². The SMILES string of the molecule is CC(C#N)=C(C)C#N. The fraction of sp³-hybridized carbons (Fsp3) is 0.333. The fourth-order valence-corrected chi connectivity index (χ4v) is 0.168. The van der Waals surface area contributed by atoms with Crippen molar-refractivity contribution in [1.82, 2.24) is 0 Å². The van der Waals surface area contributed by atoms with Crippen LogP contribution in [0, 0.1) is 22.7 Å². The average Bonchev–Trinajstić information content (AvgIpc) is 1.84. The average molecular weight is 106 g/mol. The fourth-order valence-electron chi connectivity index (χ4n) is 0.168. The third-order valence-electron chi connectivity index (χ3n) is 0.898. The van der Waals surface area contributed by atoms with Gasteiger partial charge in [-0.2, -0.15) is 10.5 Å². The molecule has 0 radical (unpaired) electrons. The summed E-state index contributed by atoms with van der Waals surface area (Å²) in [4.78, 5) is 0. The quantitative estimate of drug-likeness (QED) is 0.438. The zero-order valence-electron chi connectivity index (χ0n) is 4.89. The molecule has 0 rings (SSSR count). The van der Waals surface area contributed by atoms with Crippen molar-refractivity contribution >= 4 is 0 Å². The van der Waals surface area contributed by atoms with E-state index in [1.165, 1.54) is 0 Å². The predicted molar refractivity (Wildman–Crippen MR) is 29.6 cm³/mol. The number of hydrogen-bond donors (Lipinski definition) is 0. The Morgan fingerprint density at radius 2 is 1.25 bits per heavy atom. The molecule has 0 aromatic heterocycles. The highest BCUT2D eigenvalue weighted by Crippen LogP contribution is 1.97. The van der Waals surface area contributed by atoms with Gasteiger partial charge in [0.15, 0.2) is 0 Å². The summed E-state index contributed by atoms with van der Waals surface area (Å²) in [6.45, 7) is 3.25. The summed E-state index contributed by atoms with van der Waals surface area (Å²) in [6, 6.07) is 3.75. The second kappa shape index (κ2) is 2.82. The third kappa shape index (κ3) is 1.45. The first-order valence-electron chi connectivity index (χ1n) is 2.20. The molecule has 0 N–H and O–H groups in total. The number of nitrogens with zero attached hydrogens (tertiary/aromatic N) is 2. The summed E-state index contributed by atoms with van der Waals surface area (Å²) in [5.74, 6) is 0. The first-order valence-corrected chi connectivity index (χ1v) is 2.20. The molecule has 0 aromatic rings. The monoisotopic (exact) mass is 106 g/mol. The molecule has 40 valence electrons. The Hall–Kier alpha value is -1.28. The first kappa shape index (κ1) is 6.72. The third-order valence-corrected chi connectivity index (χ3v) is 0.898. The highest BCUT2D eigenvalue weighted by Gasteiger charge is 1.89. The van der Waals surface area contributed by atoms with Crippen LogP contribution in [0.4, 0.5) is 0 Å². The lowest BCUT2D eigenvalue weighted by Crippen LogP contribution is -1.73. The Bertz CT molecular complexity index is 166. The molecule has 0 heterocycles. The van der Waals surface area contributed by atoms with Crippen LogP contribution in [0.1, 0.15) is 13.8 Å². The van der Waals surface area contributed by atoms with E-state index in [1.807, 2.05) is 12.1 Å². The molecular weight excluding hydrogens is 100 g/mol. The Balaban J connectivity index is 4.41. The molecule has 0 saturated carbocycles. The van der Waals surface area contributed by atoms with Crippen molar-refractivity contribution in [1.29, 1.82) is 10.5 Å². The molecule has 0 atom stereocenters. The predicted octanol–water partition coefficient (Wildman–Crippen LogP) is 1.37. The number of nitriles is 2. The van der Waals surface area contributed by atoms with E-state index in [-0.39, 0.29) is 0 Å². The second-order valence-electron chi connectivity index (χ2n) is 1.47. The molecule has 0 bridgehead atoms. The van der Waals surface area contributed by atoms with Crippen LogP contribution in [0.5, 0.6) is 0 Å². The van der Waals surface area contributed by atoms with Crippen LogP contribution in [0.2, 0.25) is 0 Å².